The molecular weight excluding hydrogens is 338 g/mol. The van der Waals surface area contributed by atoms with Crippen molar-refractivity contribution < 1.29 is 9.18 Å². The molecule has 0 N–H and O–H groups in total. The maximum absolute atomic E-state index is 12.9. The number of rotatable bonds is 2. The van der Waals surface area contributed by atoms with Crippen molar-refractivity contribution in [2.45, 2.75) is 6.92 Å². The first-order valence-electron chi connectivity index (χ1n) is 4.64. The van der Waals surface area contributed by atoms with Gasteiger partial charge in [-0.1, -0.05) is 0 Å². The van der Waals surface area contributed by atoms with E-state index >= 15 is 0 Å². The van der Waals surface area contributed by atoms with Gasteiger partial charge in [0.15, 0.2) is 5.78 Å². The summed E-state index contributed by atoms with van der Waals surface area (Å²) >= 11 is 3.54. The Labute approximate surface area is 110 Å². The average Bonchev–Trinajstić information content (AvgIpc) is 2.66. The van der Waals surface area contributed by atoms with Gasteiger partial charge in [-0.25, -0.2) is 4.39 Å². The molecule has 1 nitrogen and oxygen atoms in total. The van der Waals surface area contributed by atoms with Gasteiger partial charge in [0.05, 0.1) is 4.88 Å². The first-order valence-corrected chi connectivity index (χ1v) is 6.53. The van der Waals surface area contributed by atoms with Crippen LogP contribution >= 0.6 is 33.9 Å². The Morgan fingerprint density at radius 1 is 1.31 bits per heavy atom. The lowest BCUT2D eigenvalue weighted by Crippen LogP contribution is -1.84. The molecule has 0 bridgehead atoms. The first kappa shape index (κ1) is 11.7. The van der Waals surface area contributed by atoms with Crippen molar-refractivity contribution >= 4 is 39.7 Å². The molecule has 82 valence electrons. The number of Topliss-reactive ketones (excluding diaryl/α,β-unsaturated/α-hetero) is 1. The van der Waals surface area contributed by atoms with Crippen molar-refractivity contribution in [2.75, 3.05) is 0 Å². The van der Waals surface area contributed by atoms with Gasteiger partial charge >= 0.3 is 0 Å². The number of halogens is 2. The molecule has 0 unspecified atom stereocenters. The lowest BCUT2D eigenvalue weighted by atomic mass is 10.2. The molecule has 0 aliphatic rings. The molecule has 0 saturated heterocycles. The van der Waals surface area contributed by atoms with Gasteiger partial charge in [-0.2, -0.15) is 0 Å². The Morgan fingerprint density at radius 3 is 2.62 bits per heavy atom. The van der Waals surface area contributed by atoms with E-state index < -0.39 is 0 Å². The number of ketones is 1. The Balaban J connectivity index is 2.46. The van der Waals surface area contributed by atoms with E-state index in [4.69, 9.17) is 0 Å². The lowest BCUT2D eigenvalue weighted by Gasteiger charge is -2.00. The predicted molar refractivity (Wildman–Crippen MR) is 72.4 cm³/mol. The van der Waals surface area contributed by atoms with Crippen LogP contribution < -0.4 is 0 Å². The highest BCUT2D eigenvalue weighted by atomic mass is 127. The van der Waals surface area contributed by atoms with Crippen LogP contribution in [0, 0.1) is 9.39 Å². The highest BCUT2D eigenvalue weighted by Gasteiger charge is 2.09. The second kappa shape index (κ2) is 4.63. The van der Waals surface area contributed by atoms with Gasteiger partial charge < -0.3 is 0 Å². The first-order chi connectivity index (χ1) is 7.58. The summed E-state index contributed by atoms with van der Waals surface area (Å²) < 4.78 is 13.8. The summed E-state index contributed by atoms with van der Waals surface area (Å²) in [6, 6.07) is 8.37. The average molecular weight is 346 g/mol. The normalized spacial score (nSPS) is 10.4. The Morgan fingerprint density at radius 2 is 2.06 bits per heavy atom. The molecular formula is C12H8FIOS. The summed E-state index contributed by atoms with van der Waals surface area (Å²) in [7, 11) is 0. The van der Waals surface area contributed by atoms with Crippen molar-refractivity contribution in [2.24, 2.45) is 0 Å². The van der Waals surface area contributed by atoms with E-state index in [1.807, 2.05) is 12.1 Å². The minimum atomic E-state index is -0.239. The predicted octanol–water partition coefficient (Wildman–Crippen LogP) is 4.36. The zero-order valence-electron chi connectivity index (χ0n) is 8.46. The van der Waals surface area contributed by atoms with Crippen LogP contribution in [0.25, 0.3) is 10.4 Å². The Kier molecular flexibility index (Phi) is 3.39. The molecule has 0 aliphatic heterocycles. The SMILES string of the molecule is CC(=O)c1ccc(-c2ccc(F)cc2I)s1. The number of hydrogen-bond acceptors (Lipinski definition) is 2. The van der Waals surface area contributed by atoms with Gasteiger partial charge in [0, 0.05) is 14.0 Å². The molecule has 0 radical (unpaired) electrons. The van der Waals surface area contributed by atoms with Crippen LogP contribution in [0.3, 0.4) is 0 Å². The fourth-order valence-corrected chi connectivity index (χ4v) is 3.25. The van der Waals surface area contributed by atoms with Crippen LogP contribution in [0.5, 0.6) is 0 Å². The van der Waals surface area contributed by atoms with Crippen molar-refractivity contribution in [3.63, 3.8) is 0 Å². The van der Waals surface area contributed by atoms with E-state index in [9.17, 15) is 9.18 Å². The summed E-state index contributed by atoms with van der Waals surface area (Å²) in [6.45, 7) is 1.55. The number of carbonyl (C=O) groups is 1. The number of benzene rings is 1. The maximum Gasteiger partial charge on any atom is 0.169 e. The van der Waals surface area contributed by atoms with Gasteiger partial charge in [-0.05, 0) is 59.8 Å². The summed E-state index contributed by atoms with van der Waals surface area (Å²) in [6.07, 6.45) is 0. The minimum absolute atomic E-state index is 0.0633. The molecule has 0 aliphatic carbocycles. The van der Waals surface area contributed by atoms with Crippen LogP contribution in [-0.4, -0.2) is 5.78 Å². The van der Waals surface area contributed by atoms with Crippen molar-refractivity contribution in [3.8, 4) is 10.4 Å². The molecule has 1 heterocycles. The Hall–Kier alpha value is -0.750. The van der Waals surface area contributed by atoms with Crippen molar-refractivity contribution in [1.29, 1.82) is 0 Å². The van der Waals surface area contributed by atoms with Gasteiger partial charge in [0.2, 0.25) is 0 Å². The molecule has 0 atom stereocenters. The minimum Gasteiger partial charge on any atom is -0.294 e. The van der Waals surface area contributed by atoms with E-state index in [0.29, 0.717) is 0 Å². The largest absolute Gasteiger partial charge is 0.294 e. The standard InChI is InChI=1S/C12H8FIOS/c1-7(15)11-4-5-12(16-11)9-3-2-8(13)6-10(9)14/h2-6H,1H3. The third kappa shape index (κ3) is 2.32. The molecule has 4 heteroatoms. The summed E-state index contributed by atoms with van der Waals surface area (Å²) in [4.78, 5) is 12.9. The quantitative estimate of drug-likeness (QED) is 0.583. The third-order valence-electron chi connectivity index (χ3n) is 2.15. The zero-order valence-corrected chi connectivity index (χ0v) is 11.4. The molecule has 0 amide bonds. The Bertz CT molecular complexity index is 548. The third-order valence-corrected chi connectivity index (χ3v) is 4.26. The lowest BCUT2D eigenvalue weighted by molar-refractivity contribution is 0.102. The smallest absolute Gasteiger partial charge is 0.169 e. The fraction of sp³-hybridized carbons (Fsp3) is 0.0833. The molecule has 16 heavy (non-hydrogen) atoms. The monoisotopic (exact) mass is 346 g/mol. The molecule has 0 spiro atoms. The molecule has 2 aromatic rings. The maximum atomic E-state index is 12.9. The highest BCUT2D eigenvalue weighted by molar-refractivity contribution is 14.1. The zero-order chi connectivity index (χ0) is 11.7. The van der Waals surface area contributed by atoms with Gasteiger partial charge in [0.1, 0.15) is 5.82 Å². The van der Waals surface area contributed by atoms with Crippen LogP contribution in [-0.2, 0) is 0 Å². The van der Waals surface area contributed by atoms with Gasteiger partial charge in [-0.15, -0.1) is 11.3 Å². The van der Waals surface area contributed by atoms with Gasteiger partial charge in [-0.3, -0.25) is 4.79 Å². The fourth-order valence-electron chi connectivity index (χ4n) is 1.36. The van der Waals surface area contributed by atoms with E-state index in [1.165, 1.54) is 23.5 Å². The second-order valence-electron chi connectivity index (χ2n) is 3.34. The second-order valence-corrected chi connectivity index (χ2v) is 5.59. The summed E-state index contributed by atoms with van der Waals surface area (Å²) in [5.41, 5.74) is 0.972. The molecule has 0 fully saturated rings. The summed E-state index contributed by atoms with van der Waals surface area (Å²) in [5, 5.41) is 0. The molecule has 1 aromatic carbocycles. The van der Waals surface area contributed by atoms with E-state index in [2.05, 4.69) is 22.6 Å². The van der Waals surface area contributed by atoms with E-state index in [1.54, 1.807) is 13.0 Å². The van der Waals surface area contributed by atoms with Crippen LogP contribution in [0.15, 0.2) is 30.3 Å². The van der Waals surface area contributed by atoms with Crippen molar-refractivity contribution in [3.05, 3.63) is 44.6 Å². The topological polar surface area (TPSA) is 17.1 Å². The van der Waals surface area contributed by atoms with Crippen molar-refractivity contribution in [1.82, 2.24) is 0 Å². The van der Waals surface area contributed by atoms with Gasteiger partial charge in [0.25, 0.3) is 0 Å². The number of hydrogen-bond donors (Lipinski definition) is 0. The molecule has 2 rings (SSSR count). The van der Waals surface area contributed by atoms with E-state index in [-0.39, 0.29) is 11.6 Å². The summed E-state index contributed by atoms with van der Waals surface area (Å²) in [5.74, 6) is -0.176. The van der Waals surface area contributed by atoms with Crippen LogP contribution in [0.2, 0.25) is 0 Å². The molecule has 0 saturated carbocycles. The van der Waals surface area contributed by atoms with Crippen LogP contribution in [0.1, 0.15) is 16.6 Å². The number of carbonyl (C=O) groups excluding carboxylic acids is 1. The molecule has 1 aromatic heterocycles. The number of thiophene rings is 1. The highest BCUT2D eigenvalue weighted by Crippen LogP contribution is 2.32. The van der Waals surface area contributed by atoms with Crippen LogP contribution in [0.4, 0.5) is 4.39 Å². The van der Waals surface area contributed by atoms with E-state index in [0.717, 1.165) is 18.9 Å².